The predicted molar refractivity (Wildman–Crippen MR) is 62.1 cm³/mol. The number of rotatable bonds is 2. The summed E-state index contributed by atoms with van der Waals surface area (Å²) >= 11 is 0. The Balaban J connectivity index is 2.48. The van der Waals surface area contributed by atoms with Crippen molar-refractivity contribution in [1.82, 2.24) is 9.97 Å². The molecule has 4 heteroatoms. The van der Waals surface area contributed by atoms with Crippen LogP contribution >= 0.6 is 0 Å². The summed E-state index contributed by atoms with van der Waals surface area (Å²) in [5, 5.41) is 9.89. The van der Waals surface area contributed by atoms with Gasteiger partial charge in [-0.25, -0.2) is 4.79 Å². The molecule has 0 saturated carbocycles. The van der Waals surface area contributed by atoms with Crippen LogP contribution in [0.25, 0.3) is 11.3 Å². The van der Waals surface area contributed by atoms with Crippen LogP contribution in [0, 0.1) is 0 Å². The van der Waals surface area contributed by atoms with Crippen LogP contribution in [0.5, 0.6) is 0 Å². The van der Waals surface area contributed by atoms with Crippen LogP contribution in [-0.2, 0) is 5.60 Å². The van der Waals surface area contributed by atoms with E-state index in [2.05, 4.69) is 9.97 Å². The van der Waals surface area contributed by atoms with Crippen molar-refractivity contribution >= 4 is 0 Å². The zero-order valence-electron chi connectivity index (χ0n) is 9.24. The second-order valence-corrected chi connectivity index (χ2v) is 4.30. The van der Waals surface area contributed by atoms with Crippen LogP contribution < -0.4 is 5.69 Å². The first-order valence-electron chi connectivity index (χ1n) is 5.08. The van der Waals surface area contributed by atoms with Gasteiger partial charge in [-0.05, 0) is 31.0 Å². The van der Waals surface area contributed by atoms with Gasteiger partial charge in [-0.2, -0.15) is 0 Å². The van der Waals surface area contributed by atoms with Crippen LogP contribution in [0.1, 0.15) is 19.4 Å². The summed E-state index contributed by atoms with van der Waals surface area (Å²) in [5.41, 5.74) is 1.29. The van der Waals surface area contributed by atoms with E-state index in [4.69, 9.17) is 0 Å². The Morgan fingerprint density at radius 3 is 2.62 bits per heavy atom. The molecule has 0 amide bonds. The van der Waals surface area contributed by atoms with Gasteiger partial charge in [0.1, 0.15) is 0 Å². The van der Waals surface area contributed by atoms with Crippen molar-refractivity contribution in [1.29, 1.82) is 0 Å². The zero-order chi connectivity index (χ0) is 11.8. The molecule has 0 spiro atoms. The topological polar surface area (TPSA) is 68.9 Å². The molecule has 0 aliphatic heterocycles. The Hall–Kier alpha value is -1.81. The molecule has 16 heavy (non-hydrogen) atoms. The molecule has 2 aromatic rings. The van der Waals surface area contributed by atoms with Crippen molar-refractivity contribution in [3.63, 3.8) is 0 Å². The van der Waals surface area contributed by atoms with E-state index in [0.29, 0.717) is 0 Å². The minimum atomic E-state index is -0.882. The summed E-state index contributed by atoms with van der Waals surface area (Å²) in [6.07, 6.45) is 1.62. The first-order valence-corrected chi connectivity index (χ1v) is 5.08. The van der Waals surface area contributed by atoms with E-state index in [1.807, 2.05) is 24.3 Å². The van der Waals surface area contributed by atoms with Gasteiger partial charge in [0.2, 0.25) is 0 Å². The Morgan fingerprint density at radius 1 is 1.31 bits per heavy atom. The average Bonchev–Trinajstić information content (AvgIpc) is 2.64. The lowest BCUT2D eigenvalue weighted by Gasteiger charge is -2.18. The molecule has 0 aliphatic rings. The molecule has 84 valence electrons. The number of hydrogen-bond donors (Lipinski definition) is 3. The van der Waals surface area contributed by atoms with Crippen molar-refractivity contribution in [2.24, 2.45) is 0 Å². The maximum absolute atomic E-state index is 11.0. The Labute approximate surface area is 93.0 Å². The maximum atomic E-state index is 11.0. The van der Waals surface area contributed by atoms with Gasteiger partial charge >= 0.3 is 5.69 Å². The average molecular weight is 218 g/mol. The van der Waals surface area contributed by atoms with Gasteiger partial charge in [-0.3, -0.25) is 0 Å². The van der Waals surface area contributed by atoms with Crippen molar-refractivity contribution in [3.8, 4) is 11.3 Å². The number of aliphatic hydroxyl groups is 1. The Kier molecular flexibility index (Phi) is 2.44. The SMILES string of the molecule is CC(C)(O)c1cccc(-c2c[nH]c(=O)[nH]2)c1. The quantitative estimate of drug-likeness (QED) is 0.716. The number of hydrogen-bond acceptors (Lipinski definition) is 2. The molecule has 0 fully saturated rings. The fraction of sp³-hybridized carbons (Fsp3) is 0.250. The maximum Gasteiger partial charge on any atom is 0.323 e. The molecular weight excluding hydrogens is 204 g/mol. The fourth-order valence-corrected chi connectivity index (χ4v) is 1.55. The largest absolute Gasteiger partial charge is 0.386 e. The lowest BCUT2D eigenvalue weighted by Crippen LogP contribution is -2.15. The number of nitrogens with one attached hydrogen (secondary N) is 2. The van der Waals surface area contributed by atoms with Crippen LogP contribution in [-0.4, -0.2) is 15.1 Å². The van der Waals surface area contributed by atoms with E-state index in [0.717, 1.165) is 16.8 Å². The lowest BCUT2D eigenvalue weighted by atomic mass is 9.96. The summed E-state index contributed by atoms with van der Waals surface area (Å²) in [5.74, 6) is 0. The van der Waals surface area contributed by atoms with Crippen LogP contribution in [0.4, 0.5) is 0 Å². The molecule has 1 aromatic carbocycles. The smallest absolute Gasteiger partial charge is 0.323 e. The number of aromatic amines is 2. The van der Waals surface area contributed by atoms with Gasteiger partial charge in [-0.15, -0.1) is 0 Å². The number of H-pyrrole nitrogens is 2. The second-order valence-electron chi connectivity index (χ2n) is 4.30. The highest BCUT2D eigenvalue weighted by molar-refractivity contribution is 5.59. The van der Waals surface area contributed by atoms with Crippen molar-refractivity contribution in [2.45, 2.75) is 19.4 Å². The molecule has 0 unspecified atom stereocenters. The van der Waals surface area contributed by atoms with Gasteiger partial charge in [0, 0.05) is 6.20 Å². The second kappa shape index (κ2) is 3.64. The number of benzene rings is 1. The third kappa shape index (κ3) is 2.06. The van der Waals surface area contributed by atoms with Crippen molar-refractivity contribution in [2.75, 3.05) is 0 Å². The van der Waals surface area contributed by atoms with Crippen molar-refractivity contribution in [3.05, 3.63) is 46.5 Å². The zero-order valence-corrected chi connectivity index (χ0v) is 9.24. The molecule has 0 radical (unpaired) electrons. The fourth-order valence-electron chi connectivity index (χ4n) is 1.55. The molecule has 0 aliphatic carbocycles. The minimum absolute atomic E-state index is 0.233. The summed E-state index contributed by atoms with van der Waals surface area (Å²) in [6.45, 7) is 3.46. The summed E-state index contributed by atoms with van der Waals surface area (Å²) in [6, 6.07) is 7.45. The van der Waals surface area contributed by atoms with Gasteiger partial charge in [0.15, 0.2) is 0 Å². The van der Waals surface area contributed by atoms with Gasteiger partial charge < -0.3 is 15.1 Å². The highest BCUT2D eigenvalue weighted by Crippen LogP contribution is 2.24. The molecule has 0 saturated heterocycles. The van der Waals surface area contributed by atoms with E-state index in [1.165, 1.54) is 0 Å². The monoisotopic (exact) mass is 218 g/mol. The Bertz CT molecular complexity index is 546. The standard InChI is InChI=1S/C12H14N2O2/c1-12(2,16)9-5-3-4-8(6-9)10-7-13-11(15)14-10/h3-7,16H,1-2H3,(H2,13,14,15). The summed E-state index contributed by atoms with van der Waals surface area (Å²) in [4.78, 5) is 16.2. The van der Waals surface area contributed by atoms with E-state index >= 15 is 0 Å². The van der Waals surface area contributed by atoms with Crippen molar-refractivity contribution < 1.29 is 5.11 Å². The van der Waals surface area contributed by atoms with E-state index in [9.17, 15) is 9.90 Å². The first-order chi connectivity index (χ1) is 7.47. The van der Waals surface area contributed by atoms with E-state index < -0.39 is 5.60 Å². The minimum Gasteiger partial charge on any atom is -0.386 e. The normalized spacial score (nSPS) is 11.7. The predicted octanol–water partition coefficient (Wildman–Crippen LogP) is 1.60. The first kappa shape index (κ1) is 10.7. The molecule has 1 heterocycles. The van der Waals surface area contributed by atoms with E-state index in [1.54, 1.807) is 20.0 Å². The molecule has 1 aromatic heterocycles. The Morgan fingerprint density at radius 2 is 2.06 bits per heavy atom. The van der Waals surface area contributed by atoms with E-state index in [-0.39, 0.29) is 5.69 Å². The van der Waals surface area contributed by atoms with Gasteiger partial charge in [0.25, 0.3) is 0 Å². The highest BCUT2D eigenvalue weighted by atomic mass is 16.3. The molecule has 0 atom stereocenters. The van der Waals surface area contributed by atoms with Crippen LogP contribution in [0.15, 0.2) is 35.3 Å². The highest BCUT2D eigenvalue weighted by Gasteiger charge is 2.16. The summed E-state index contributed by atoms with van der Waals surface area (Å²) in [7, 11) is 0. The third-order valence-corrected chi connectivity index (χ3v) is 2.48. The number of imidazole rings is 1. The molecule has 2 rings (SSSR count). The summed E-state index contributed by atoms with van der Waals surface area (Å²) < 4.78 is 0. The molecule has 3 N–H and O–H groups in total. The molecule has 0 bridgehead atoms. The molecular formula is C12H14N2O2. The van der Waals surface area contributed by atoms with Crippen LogP contribution in [0.3, 0.4) is 0 Å². The van der Waals surface area contributed by atoms with Crippen LogP contribution in [0.2, 0.25) is 0 Å². The lowest BCUT2D eigenvalue weighted by molar-refractivity contribution is 0.0786. The number of aromatic nitrogens is 2. The third-order valence-electron chi connectivity index (χ3n) is 2.48. The van der Waals surface area contributed by atoms with Gasteiger partial charge in [0.05, 0.1) is 11.3 Å². The van der Waals surface area contributed by atoms with Gasteiger partial charge in [-0.1, -0.05) is 18.2 Å². The molecule has 4 nitrogen and oxygen atoms in total.